The van der Waals surface area contributed by atoms with E-state index in [1.807, 2.05) is 0 Å². The van der Waals surface area contributed by atoms with Crippen LogP contribution < -0.4 is 0 Å². The second-order valence-corrected chi connectivity index (χ2v) is 4.85. The first-order valence-corrected chi connectivity index (χ1v) is 6.34. The number of nitro groups is 1. The van der Waals surface area contributed by atoms with Crippen molar-refractivity contribution in [2.75, 3.05) is 0 Å². The number of aromatic amines is 1. The molecule has 106 valence electrons. The van der Waals surface area contributed by atoms with Gasteiger partial charge in [0.05, 0.1) is 16.0 Å². The van der Waals surface area contributed by atoms with E-state index in [1.165, 1.54) is 12.1 Å². The summed E-state index contributed by atoms with van der Waals surface area (Å²) in [5.74, 6) is 1.07. The van der Waals surface area contributed by atoms with Gasteiger partial charge in [0.1, 0.15) is 11.5 Å². The van der Waals surface area contributed by atoms with Crippen molar-refractivity contribution in [2.24, 2.45) is 0 Å². The third kappa shape index (κ3) is 2.10. The minimum atomic E-state index is -0.467. The minimum absolute atomic E-state index is 0.0151. The van der Waals surface area contributed by atoms with Crippen LogP contribution in [0.15, 0.2) is 34.9 Å². The molecular formula is C15H12N2O4. The number of carbonyl (C=O) groups excluding carboxylic acids is 1. The standard InChI is InChI=1S/C15H12N2O4/c1-8-5-12(9(2)21-8)15(18)13-7-16-14-6-10(17(19)20)3-4-11(13)14/h3-7,16H,1-2H3. The normalized spacial score (nSPS) is 11.0. The van der Waals surface area contributed by atoms with E-state index in [0.717, 1.165) is 0 Å². The molecule has 0 radical (unpaired) electrons. The van der Waals surface area contributed by atoms with Gasteiger partial charge in [-0.15, -0.1) is 0 Å². The molecule has 0 spiro atoms. The van der Waals surface area contributed by atoms with Crippen LogP contribution in [0.4, 0.5) is 5.69 Å². The summed E-state index contributed by atoms with van der Waals surface area (Å²) >= 11 is 0. The average Bonchev–Trinajstić information content (AvgIpc) is 3.00. The highest BCUT2D eigenvalue weighted by Crippen LogP contribution is 2.26. The molecule has 2 aromatic heterocycles. The SMILES string of the molecule is Cc1cc(C(=O)c2c[nH]c3cc([N+](=O)[O-])ccc23)c(C)o1. The summed E-state index contributed by atoms with van der Waals surface area (Å²) in [6, 6.07) is 6.08. The number of ketones is 1. The number of benzene rings is 1. The van der Waals surface area contributed by atoms with Crippen molar-refractivity contribution in [2.45, 2.75) is 13.8 Å². The zero-order valence-corrected chi connectivity index (χ0v) is 11.5. The maximum Gasteiger partial charge on any atom is 0.271 e. The van der Waals surface area contributed by atoms with Crippen LogP contribution in [0.3, 0.4) is 0 Å². The molecule has 21 heavy (non-hydrogen) atoms. The molecule has 3 aromatic rings. The number of aromatic nitrogens is 1. The topological polar surface area (TPSA) is 89.1 Å². The first-order chi connectivity index (χ1) is 9.97. The van der Waals surface area contributed by atoms with Gasteiger partial charge < -0.3 is 9.40 Å². The van der Waals surface area contributed by atoms with Gasteiger partial charge in [-0.2, -0.15) is 0 Å². The Morgan fingerprint density at radius 3 is 2.62 bits per heavy atom. The van der Waals surface area contributed by atoms with Gasteiger partial charge in [-0.3, -0.25) is 14.9 Å². The Bertz CT molecular complexity index is 873. The number of hydrogen-bond acceptors (Lipinski definition) is 4. The highest BCUT2D eigenvalue weighted by atomic mass is 16.6. The van der Waals surface area contributed by atoms with Crippen molar-refractivity contribution in [3.05, 3.63) is 63.2 Å². The van der Waals surface area contributed by atoms with Gasteiger partial charge in [0, 0.05) is 29.3 Å². The van der Waals surface area contributed by atoms with E-state index in [2.05, 4.69) is 4.98 Å². The van der Waals surface area contributed by atoms with Crippen molar-refractivity contribution >= 4 is 22.4 Å². The smallest absolute Gasteiger partial charge is 0.271 e. The predicted molar refractivity (Wildman–Crippen MR) is 76.6 cm³/mol. The lowest BCUT2D eigenvalue weighted by Gasteiger charge is -1.98. The van der Waals surface area contributed by atoms with Gasteiger partial charge in [-0.1, -0.05) is 0 Å². The zero-order chi connectivity index (χ0) is 15.1. The first-order valence-electron chi connectivity index (χ1n) is 6.34. The van der Waals surface area contributed by atoms with Gasteiger partial charge in [0.25, 0.3) is 5.69 Å². The first kappa shape index (κ1) is 13.1. The van der Waals surface area contributed by atoms with Crippen molar-refractivity contribution < 1.29 is 14.1 Å². The summed E-state index contributed by atoms with van der Waals surface area (Å²) in [6.45, 7) is 3.52. The molecule has 0 saturated heterocycles. The van der Waals surface area contributed by atoms with Crippen molar-refractivity contribution in [1.82, 2.24) is 4.98 Å². The third-order valence-electron chi connectivity index (χ3n) is 3.41. The lowest BCUT2D eigenvalue weighted by atomic mass is 10.0. The second-order valence-electron chi connectivity index (χ2n) is 4.85. The van der Waals surface area contributed by atoms with Crippen LogP contribution in [-0.4, -0.2) is 15.7 Å². The van der Waals surface area contributed by atoms with Crippen LogP contribution in [0.25, 0.3) is 10.9 Å². The number of furan rings is 1. The molecule has 0 unspecified atom stereocenters. The fraction of sp³-hybridized carbons (Fsp3) is 0.133. The van der Waals surface area contributed by atoms with Crippen LogP contribution in [0.5, 0.6) is 0 Å². The lowest BCUT2D eigenvalue weighted by molar-refractivity contribution is -0.384. The number of hydrogen-bond donors (Lipinski definition) is 1. The molecular weight excluding hydrogens is 272 g/mol. The van der Waals surface area contributed by atoms with E-state index in [0.29, 0.717) is 33.6 Å². The van der Waals surface area contributed by atoms with Crippen molar-refractivity contribution in [3.8, 4) is 0 Å². The monoisotopic (exact) mass is 284 g/mol. The van der Waals surface area contributed by atoms with Crippen LogP contribution in [0.2, 0.25) is 0 Å². The molecule has 0 saturated carbocycles. The number of non-ortho nitro benzene ring substituents is 1. The average molecular weight is 284 g/mol. The largest absolute Gasteiger partial charge is 0.466 e. The molecule has 0 aliphatic carbocycles. The Kier molecular flexibility index (Phi) is 2.86. The summed E-state index contributed by atoms with van der Waals surface area (Å²) in [4.78, 5) is 25.8. The van der Waals surface area contributed by atoms with Crippen LogP contribution in [0.1, 0.15) is 27.4 Å². The molecule has 1 aromatic carbocycles. The minimum Gasteiger partial charge on any atom is -0.466 e. The lowest BCUT2D eigenvalue weighted by Crippen LogP contribution is -2.00. The molecule has 0 aliphatic rings. The zero-order valence-electron chi connectivity index (χ0n) is 11.5. The summed E-state index contributed by atoms with van der Waals surface area (Å²) in [5, 5.41) is 11.4. The van der Waals surface area contributed by atoms with E-state index in [4.69, 9.17) is 4.42 Å². The maximum atomic E-state index is 12.6. The van der Waals surface area contributed by atoms with Gasteiger partial charge in [-0.05, 0) is 26.0 Å². The molecule has 1 N–H and O–H groups in total. The Labute approximate surface area is 119 Å². The number of nitro benzene ring substituents is 1. The van der Waals surface area contributed by atoms with Gasteiger partial charge >= 0.3 is 0 Å². The molecule has 2 heterocycles. The molecule has 0 atom stereocenters. The van der Waals surface area contributed by atoms with E-state index < -0.39 is 4.92 Å². The van der Waals surface area contributed by atoms with Crippen LogP contribution >= 0.6 is 0 Å². The van der Waals surface area contributed by atoms with Crippen LogP contribution in [0, 0.1) is 24.0 Å². The van der Waals surface area contributed by atoms with E-state index in [-0.39, 0.29) is 11.5 Å². The molecule has 0 bridgehead atoms. The molecule has 3 rings (SSSR count). The Morgan fingerprint density at radius 2 is 2.00 bits per heavy atom. The Morgan fingerprint density at radius 1 is 1.24 bits per heavy atom. The Hall–Kier alpha value is -2.89. The van der Waals surface area contributed by atoms with Crippen LogP contribution in [-0.2, 0) is 0 Å². The van der Waals surface area contributed by atoms with E-state index in [9.17, 15) is 14.9 Å². The summed E-state index contributed by atoms with van der Waals surface area (Å²) in [5.41, 5.74) is 1.53. The number of H-pyrrole nitrogens is 1. The number of nitrogens with one attached hydrogen (secondary N) is 1. The van der Waals surface area contributed by atoms with Gasteiger partial charge in [-0.25, -0.2) is 0 Å². The fourth-order valence-corrected chi connectivity index (χ4v) is 2.42. The summed E-state index contributed by atoms with van der Waals surface area (Å²) < 4.78 is 5.38. The quantitative estimate of drug-likeness (QED) is 0.452. The highest BCUT2D eigenvalue weighted by Gasteiger charge is 2.20. The molecule has 6 nitrogen and oxygen atoms in total. The van der Waals surface area contributed by atoms with E-state index >= 15 is 0 Å². The molecule has 0 fully saturated rings. The number of rotatable bonds is 3. The molecule has 0 amide bonds. The van der Waals surface area contributed by atoms with Gasteiger partial charge in [0.15, 0.2) is 5.78 Å². The maximum absolute atomic E-state index is 12.6. The molecule has 6 heteroatoms. The number of carbonyl (C=O) groups is 1. The molecule has 0 aliphatic heterocycles. The fourth-order valence-electron chi connectivity index (χ4n) is 2.42. The third-order valence-corrected chi connectivity index (χ3v) is 3.41. The van der Waals surface area contributed by atoms with E-state index in [1.54, 1.807) is 32.2 Å². The second kappa shape index (κ2) is 4.59. The number of fused-ring (bicyclic) bond motifs is 1. The predicted octanol–water partition coefficient (Wildman–Crippen LogP) is 3.52. The van der Waals surface area contributed by atoms with Crippen molar-refractivity contribution in [1.29, 1.82) is 0 Å². The summed E-state index contributed by atoms with van der Waals surface area (Å²) in [7, 11) is 0. The van der Waals surface area contributed by atoms with Crippen molar-refractivity contribution in [3.63, 3.8) is 0 Å². The number of nitrogens with zero attached hydrogens (tertiary/aromatic N) is 1. The highest BCUT2D eigenvalue weighted by molar-refractivity contribution is 6.16. The summed E-state index contributed by atoms with van der Waals surface area (Å²) in [6.07, 6.45) is 1.57. The Balaban J connectivity index is 2.11. The van der Waals surface area contributed by atoms with Gasteiger partial charge in [0.2, 0.25) is 0 Å². The number of aryl methyl sites for hydroxylation is 2.